The standard InChI is InChI=1S/C12H20N2OS/c1-4-5-6-14-10-7-9(13)12(16-10)11(15)8(2)3/h7-8,14H,4-6,13H2,1-3H3. The average molecular weight is 240 g/mol. The zero-order valence-corrected chi connectivity index (χ0v) is 11.0. The quantitative estimate of drug-likeness (QED) is 0.592. The fourth-order valence-corrected chi connectivity index (χ4v) is 2.43. The average Bonchev–Trinajstić information content (AvgIpc) is 2.59. The summed E-state index contributed by atoms with van der Waals surface area (Å²) in [5.74, 6) is 0.135. The molecule has 0 fully saturated rings. The number of nitrogen functional groups attached to an aromatic ring is 1. The van der Waals surface area contributed by atoms with E-state index < -0.39 is 0 Å². The van der Waals surface area contributed by atoms with Gasteiger partial charge in [0, 0.05) is 12.5 Å². The molecule has 0 amide bonds. The molecule has 0 saturated heterocycles. The Labute approximate surface area is 101 Å². The van der Waals surface area contributed by atoms with E-state index in [2.05, 4.69) is 12.2 Å². The van der Waals surface area contributed by atoms with E-state index in [1.54, 1.807) is 0 Å². The van der Waals surface area contributed by atoms with Crippen LogP contribution >= 0.6 is 11.3 Å². The highest BCUT2D eigenvalue weighted by molar-refractivity contribution is 7.18. The molecule has 90 valence electrons. The zero-order valence-electron chi connectivity index (χ0n) is 10.2. The van der Waals surface area contributed by atoms with Crippen LogP contribution in [0.4, 0.5) is 10.7 Å². The summed E-state index contributed by atoms with van der Waals surface area (Å²) in [7, 11) is 0. The number of unbranched alkanes of at least 4 members (excludes halogenated alkanes) is 1. The van der Waals surface area contributed by atoms with Gasteiger partial charge < -0.3 is 11.1 Å². The molecule has 1 aromatic heterocycles. The molecule has 4 heteroatoms. The van der Waals surface area contributed by atoms with Crippen molar-refractivity contribution in [2.45, 2.75) is 33.6 Å². The first-order chi connectivity index (χ1) is 7.56. The summed E-state index contributed by atoms with van der Waals surface area (Å²) in [6.07, 6.45) is 2.29. The van der Waals surface area contributed by atoms with Gasteiger partial charge in [-0.2, -0.15) is 0 Å². The first-order valence-electron chi connectivity index (χ1n) is 5.73. The lowest BCUT2D eigenvalue weighted by Gasteiger charge is -2.02. The molecule has 0 unspecified atom stereocenters. The molecule has 0 aliphatic heterocycles. The number of anilines is 2. The number of nitrogens with two attached hydrogens (primary N) is 1. The summed E-state index contributed by atoms with van der Waals surface area (Å²) >= 11 is 1.46. The number of carbonyl (C=O) groups is 1. The van der Waals surface area contributed by atoms with Gasteiger partial charge in [0.15, 0.2) is 5.78 Å². The second kappa shape index (κ2) is 5.89. The van der Waals surface area contributed by atoms with Gasteiger partial charge >= 0.3 is 0 Å². The first-order valence-corrected chi connectivity index (χ1v) is 6.55. The minimum atomic E-state index is 0.00411. The Bertz CT molecular complexity index is 358. The Morgan fingerprint density at radius 1 is 1.56 bits per heavy atom. The lowest BCUT2D eigenvalue weighted by Crippen LogP contribution is -2.07. The molecule has 0 bridgehead atoms. The molecule has 3 N–H and O–H groups in total. The van der Waals surface area contributed by atoms with E-state index in [0.29, 0.717) is 10.6 Å². The van der Waals surface area contributed by atoms with E-state index in [-0.39, 0.29) is 11.7 Å². The van der Waals surface area contributed by atoms with E-state index >= 15 is 0 Å². The molecule has 1 aromatic rings. The molecule has 1 rings (SSSR count). The van der Waals surface area contributed by atoms with Gasteiger partial charge in [-0.3, -0.25) is 4.79 Å². The maximum absolute atomic E-state index is 11.8. The molecule has 0 spiro atoms. The Kier molecular flexibility index (Phi) is 4.80. The lowest BCUT2D eigenvalue weighted by molar-refractivity contribution is 0.0944. The fourth-order valence-electron chi connectivity index (χ4n) is 1.34. The highest BCUT2D eigenvalue weighted by atomic mass is 32.1. The Hall–Kier alpha value is -1.03. The normalized spacial score (nSPS) is 10.8. The van der Waals surface area contributed by atoms with E-state index in [1.807, 2.05) is 19.9 Å². The van der Waals surface area contributed by atoms with Crippen molar-refractivity contribution in [2.75, 3.05) is 17.6 Å². The summed E-state index contributed by atoms with van der Waals surface area (Å²) in [6.45, 7) is 6.88. The van der Waals surface area contributed by atoms with Crippen LogP contribution in [0.3, 0.4) is 0 Å². The van der Waals surface area contributed by atoms with Crippen molar-refractivity contribution in [3.63, 3.8) is 0 Å². The van der Waals surface area contributed by atoms with Crippen molar-refractivity contribution < 1.29 is 4.79 Å². The van der Waals surface area contributed by atoms with Gasteiger partial charge in [-0.15, -0.1) is 11.3 Å². The number of hydrogen-bond acceptors (Lipinski definition) is 4. The summed E-state index contributed by atoms with van der Waals surface area (Å²) < 4.78 is 0. The molecule has 1 heterocycles. The van der Waals surface area contributed by atoms with Gasteiger partial charge in [-0.25, -0.2) is 0 Å². The lowest BCUT2D eigenvalue weighted by atomic mass is 10.1. The summed E-state index contributed by atoms with van der Waals surface area (Å²) in [5, 5.41) is 4.28. The van der Waals surface area contributed by atoms with Gasteiger partial charge in [0.25, 0.3) is 0 Å². The topological polar surface area (TPSA) is 55.1 Å². The molecule has 16 heavy (non-hydrogen) atoms. The van der Waals surface area contributed by atoms with Crippen LogP contribution in [0, 0.1) is 5.92 Å². The Morgan fingerprint density at radius 3 is 2.81 bits per heavy atom. The van der Waals surface area contributed by atoms with Crippen LogP contribution in [0.5, 0.6) is 0 Å². The smallest absolute Gasteiger partial charge is 0.177 e. The minimum Gasteiger partial charge on any atom is -0.397 e. The van der Waals surface area contributed by atoms with Crippen molar-refractivity contribution >= 4 is 27.8 Å². The van der Waals surface area contributed by atoms with E-state index in [0.717, 1.165) is 24.4 Å². The van der Waals surface area contributed by atoms with Crippen LogP contribution in [0.15, 0.2) is 6.07 Å². The number of rotatable bonds is 6. The predicted octanol–water partition coefficient (Wildman–Crippen LogP) is 3.38. The monoisotopic (exact) mass is 240 g/mol. The van der Waals surface area contributed by atoms with Crippen LogP contribution in [-0.2, 0) is 0 Å². The molecular weight excluding hydrogens is 220 g/mol. The van der Waals surface area contributed by atoms with Crippen molar-refractivity contribution in [3.8, 4) is 0 Å². The molecule has 0 atom stereocenters. The summed E-state index contributed by atoms with van der Waals surface area (Å²) in [4.78, 5) is 12.5. The van der Waals surface area contributed by atoms with E-state index in [1.165, 1.54) is 11.3 Å². The molecule has 0 aliphatic carbocycles. The molecular formula is C12H20N2OS. The number of nitrogens with one attached hydrogen (secondary N) is 1. The number of carbonyl (C=O) groups excluding carboxylic acids is 1. The van der Waals surface area contributed by atoms with E-state index in [9.17, 15) is 4.79 Å². The van der Waals surface area contributed by atoms with Gasteiger partial charge in [-0.05, 0) is 12.5 Å². The number of Topliss-reactive ketones (excluding diaryl/α,β-unsaturated/α-hetero) is 1. The molecule has 0 aromatic carbocycles. The highest BCUT2D eigenvalue weighted by Crippen LogP contribution is 2.31. The summed E-state index contributed by atoms with van der Waals surface area (Å²) in [6, 6.07) is 1.86. The van der Waals surface area contributed by atoms with Crippen LogP contribution in [0.25, 0.3) is 0 Å². The molecule has 0 radical (unpaired) electrons. The zero-order chi connectivity index (χ0) is 12.1. The second-order valence-electron chi connectivity index (χ2n) is 4.19. The third kappa shape index (κ3) is 3.23. The van der Waals surface area contributed by atoms with Crippen LogP contribution in [0.1, 0.15) is 43.3 Å². The maximum atomic E-state index is 11.8. The predicted molar refractivity (Wildman–Crippen MR) is 71.3 cm³/mol. The number of ketones is 1. The third-order valence-corrected chi connectivity index (χ3v) is 3.46. The highest BCUT2D eigenvalue weighted by Gasteiger charge is 2.17. The first kappa shape index (κ1) is 13.0. The van der Waals surface area contributed by atoms with Crippen molar-refractivity contribution in [2.24, 2.45) is 5.92 Å². The maximum Gasteiger partial charge on any atom is 0.177 e. The van der Waals surface area contributed by atoms with Crippen molar-refractivity contribution in [3.05, 3.63) is 10.9 Å². The van der Waals surface area contributed by atoms with Gasteiger partial charge in [0.1, 0.15) is 0 Å². The van der Waals surface area contributed by atoms with Gasteiger partial charge in [-0.1, -0.05) is 27.2 Å². The molecule has 0 saturated carbocycles. The Morgan fingerprint density at radius 2 is 2.25 bits per heavy atom. The number of thiophene rings is 1. The van der Waals surface area contributed by atoms with Crippen LogP contribution < -0.4 is 11.1 Å². The number of hydrogen-bond donors (Lipinski definition) is 2. The van der Waals surface area contributed by atoms with Gasteiger partial charge in [0.2, 0.25) is 0 Å². The van der Waals surface area contributed by atoms with Crippen molar-refractivity contribution in [1.82, 2.24) is 0 Å². The summed E-state index contributed by atoms with van der Waals surface area (Å²) in [5.41, 5.74) is 6.43. The van der Waals surface area contributed by atoms with Gasteiger partial charge in [0.05, 0.1) is 15.6 Å². The Balaban J connectivity index is 2.70. The third-order valence-electron chi connectivity index (χ3n) is 2.34. The van der Waals surface area contributed by atoms with Crippen LogP contribution in [0.2, 0.25) is 0 Å². The molecule has 0 aliphatic rings. The second-order valence-corrected chi connectivity index (χ2v) is 5.25. The van der Waals surface area contributed by atoms with Crippen LogP contribution in [-0.4, -0.2) is 12.3 Å². The molecule has 3 nitrogen and oxygen atoms in total. The largest absolute Gasteiger partial charge is 0.397 e. The SMILES string of the molecule is CCCCNc1cc(N)c(C(=O)C(C)C)s1. The minimum absolute atomic E-state index is 0.00411. The fraction of sp³-hybridized carbons (Fsp3) is 0.583. The van der Waals surface area contributed by atoms with E-state index in [4.69, 9.17) is 5.73 Å². The van der Waals surface area contributed by atoms with Crippen molar-refractivity contribution in [1.29, 1.82) is 0 Å².